The number of halogens is 4. The van der Waals surface area contributed by atoms with Gasteiger partial charge in [-0.15, -0.1) is 0 Å². The third-order valence-electron chi connectivity index (χ3n) is 2.90. The van der Waals surface area contributed by atoms with Crippen molar-refractivity contribution < 1.29 is 17.6 Å². The third kappa shape index (κ3) is 3.15. The molecule has 0 aliphatic rings. The highest BCUT2D eigenvalue weighted by Gasteiger charge is 2.33. The number of thioether (sulfide) groups is 1. The van der Waals surface area contributed by atoms with Crippen LogP contribution in [0.3, 0.4) is 0 Å². The number of rotatable bonds is 3. The normalized spacial score (nSPS) is 11.7. The molecule has 0 aliphatic heterocycles. The second kappa shape index (κ2) is 5.87. The molecule has 0 nitrogen and oxygen atoms in total. The van der Waals surface area contributed by atoms with Crippen LogP contribution >= 0.6 is 11.8 Å². The van der Waals surface area contributed by atoms with E-state index in [0.717, 1.165) is 29.0 Å². The predicted octanol–water partition coefficient (Wildman–Crippen LogP) is 5.37. The van der Waals surface area contributed by atoms with Gasteiger partial charge in [0.2, 0.25) is 0 Å². The van der Waals surface area contributed by atoms with E-state index in [-0.39, 0.29) is 0 Å². The molecule has 0 unspecified atom stereocenters. The molecular weight excluding hydrogens is 288 g/mol. The minimum atomic E-state index is -4.67. The number of benzene rings is 2. The molecule has 0 spiro atoms. The summed E-state index contributed by atoms with van der Waals surface area (Å²) in [5, 5.41) is 0. The second-order valence-electron chi connectivity index (χ2n) is 4.28. The van der Waals surface area contributed by atoms with Crippen LogP contribution in [0, 0.1) is 5.82 Å². The predicted molar refractivity (Wildman–Crippen MR) is 74.1 cm³/mol. The van der Waals surface area contributed by atoms with Crippen molar-refractivity contribution in [3.63, 3.8) is 0 Å². The molecule has 0 N–H and O–H groups in total. The van der Waals surface area contributed by atoms with E-state index in [9.17, 15) is 17.6 Å². The van der Waals surface area contributed by atoms with E-state index >= 15 is 0 Å². The van der Waals surface area contributed by atoms with Gasteiger partial charge in [0.05, 0.1) is 5.56 Å². The average molecular weight is 300 g/mol. The van der Waals surface area contributed by atoms with Gasteiger partial charge in [0.15, 0.2) is 0 Å². The molecule has 0 aliphatic carbocycles. The van der Waals surface area contributed by atoms with Crippen LogP contribution in [0.5, 0.6) is 0 Å². The first-order valence-electron chi connectivity index (χ1n) is 5.87. The molecule has 0 saturated heterocycles. The topological polar surface area (TPSA) is 0 Å². The summed E-state index contributed by atoms with van der Waals surface area (Å²) < 4.78 is 51.2. The summed E-state index contributed by atoms with van der Waals surface area (Å²) >= 11 is 1.60. The Morgan fingerprint density at radius 1 is 1.05 bits per heavy atom. The summed E-state index contributed by atoms with van der Waals surface area (Å²) in [7, 11) is 0. The van der Waals surface area contributed by atoms with Gasteiger partial charge in [0, 0.05) is 5.75 Å². The SMILES string of the molecule is CSCc1ccccc1-c1ccc(C(F)(F)F)c(F)c1. The molecular formula is C15H12F4S. The van der Waals surface area contributed by atoms with Gasteiger partial charge < -0.3 is 0 Å². The molecule has 0 heterocycles. The lowest BCUT2D eigenvalue weighted by atomic mass is 9.99. The van der Waals surface area contributed by atoms with Gasteiger partial charge in [-0.25, -0.2) is 4.39 Å². The maximum absolute atomic E-state index is 13.6. The summed E-state index contributed by atoms with van der Waals surface area (Å²) in [5.41, 5.74) is 0.956. The van der Waals surface area contributed by atoms with Crippen molar-refractivity contribution >= 4 is 11.8 Å². The molecule has 20 heavy (non-hydrogen) atoms. The first-order chi connectivity index (χ1) is 9.43. The zero-order chi connectivity index (χ0) is 14.8. The summed E-state index contributed by atoms with van der Waals surface area (Å²) in [5.74, 6) is -0.521. The highest BCUT2D eigenvalue weighted by molar-refractivity contribution is 7.97. The van der Waals surface area contributed by atoms with Gasteiger partial charge >= 0.3 is 6.18 Å². The van der Waals surface area contributed by atoms with E-state index < -0.39 is 17.6 Å². The molecule has 5 heteroatoms. The minimum absolute atomic E-state index is 0.458. The van der Waals surface area contributed by atoms with Crippen molar-refractivity contribution in [2.45, 2.75) is 11.9 Å². The van der Waals surface area contributed by atoms with E-state index in [4.69, 9.17) is 0 Å². The fourth-order valence-corrected chi connectivity index (χ4v) is 2.56. The van der Waals surface area contributed by atoms with Crippen LogP contribution in [-0.2, 0) is 11.9 Å². The fourth-order valence-electron chi connectivity index (χ4n) is 2.00. The monoisotopic (exact) mass is 300 g/mol. The Morgan fingerprint density at radius 2 is 1.75 bits per heavy atom. The average Bonchev–Trinajstić information content (AvgIpc) is 2.38. The zero-order valence-electron chi connectivity index (χ0n) is 10.7. The molecule has 106 valence electrons. The van der Waals surface area contributed by atoms with E-state index in [0.29, 0.717) is 5.56 Å². The van der Waals surface area contributed by atoms with Crippen molar-refractivity contribution in [3.8, 4) is 11.1 Å². The van der Waals surface area contributed by atoms with E-state index in [1.165, 1.54) is 6.07 Å². The van der Waals surface area contributed by atoms with Crippen LogP contribution in [0.25, 0.3) is 11.1 Å². The molecule has 0 radical (unpaired) electrons. The second-order valence-corrected chi connectivity index (χ2v) is 5.15. The van der Waals surface area contributed by atoms with E-state index in [2.05, 4.69) is 0 Å². The van der Waals surface area contributed by atoms with E-state index in [1.807, 2.05) is 18.4 Å². The third-order valence-corrected chi connectivity index (χ3v) is 3.50. The van der Waals surface area contributed by atoms with Crippen LogP contribution in [0.4, 0.5) is 17.6 Å². The molecule has 2 rings (SSSR count). The molecule has 0 atom stereocenters. The maximum atomic E-state index is 13.6. The highest BCUT2D eigenvalue weighted by atomic mass is 32.2. The Kier molecular flexibility index (Phi) is 4.38. The molecule has 0 amide bonds. The summed E-state index contributed by atoms with van der Waals surface area (Å²) in [6.07, 6.45) is -2.73. The van der Waals surface area contributed by atoms with Gasteiger partial charge in [-0.1, -0.05) is 30.3 Å². The van der Waals surface area contributed by atoms with Crippen LogP contribution in [-0.4, -0.2) is 6.26 Å². The molecule has 0 bridgehead atoms. The number of hydrogen-bond donors (Lipinski definition) is 0. The van der Waals surface area contributed by atoms with Gasteiger partial charge in [-0.3, -0.25) is 0 Å². The lowest BCUT2D eigenvalue weighted by Crippen LogP contribution is -2.07. The number of hydrogen-bond acceptors (Lipinski definition) is 1. The van der Waals surface area contributed by atoms with Crippen LogP contribution in [0.15, 0.2) is 42.5 Å². The molecule has 0 fully saturated rings. The molecule has 2 aromatic carbocycles. The van der Waals surface area contributed by atoms with Gasteiger partial charge in [-0.05, 0) is 35.1 Å². The summed E-state index contributed by atoms with van der Waals surface area (Å²) in [6, 6.07) is 10.4. The maximum Gasteiger partial charge on any atom is 0.419 e. The molecule has 0 saturated carbocycles. The zero-order valence-corrected chi connectivity index (χ0v) is 11.5. The van der Waals surface area contributed by atoms with Crippen LogP contribution < -0.4 is 0 Å². The Morgan fingerprint density at radius 3 is 2.35 bits per heavy atom. The Labute approximate surface area is 118 Å². The Bertz CT molecular complexity index is 605. The van der Waals surface area contributed by atoms with Crippen molar-refractivity contribution in [1.82, 2.24) is 0 Å². The Hall–Kier alpha value is -1.49. The first kappa shape index (κ1) is 14.9. The van der Waals surface area contributed by atoms with Gasteiger partial charge in [-0.2, -0.15) is 24.9 Å². The van der Waals surface area contributed by atoms with E-state index in [1.54, 1.807) is 23.9 Å². The Balaban J connectivity index is 2.47. The van der Waals surface area contributed by atoms with Crippen molar-refractivity contribution in [2.24, 2.45) is 0 Å². The lowest BCUT2D eigenvalue weighted by molar-refractivity contribution is -0.139. The fraction of sp³-hybridized carbons (Fsp3) is 0.200. The lowest BCUT2D eigenvalue weighted by Gasteiger charge is -2.12. The van der Waals surface area contributed by atoms with Crippen molar-refractivity contribution in [1.29, 1.82) is 0 Å². The van der Waals surface area contributed by atoms with Crippen molar-refractivity contribution in [3.05, 3.63) is 59.4 Å². The quantitative estimate of drug-likeness (QED) is 0.686. The molecule has 0 aromatic heterocycles. The first-order valence-corrected chi connectivity index (χ1v) is 7.27. The van der Waals surface area contributed by atoms with Gasteiger partial charge in [0.1, 0.15) is 5.82 Å². The van der Waals surface area contributed by atoms with Gasteiger partial charge in [0.25, 0.3) is 0 Å². The largest absolute Gasteiger partial charge is 0.419 e. The minimum Gasteiger partial charge on any atom is -0.206 e. The highest BCUT2D eigenvalue weighted by Crippen LogP contribution is 2.34. The smallest absolute Gasteiger partial charge is 0.206 e. The molecule has 2 aromatic rings. The summed E-state index contributed by atoms with van der Waals surface area (Å²) in [4.78, 5) is 0. The number of alkyl halides is 3. The van der Waals surface area contributed by atoms with Crippen molar-refractivity contribution in [2.75, 3.05) is 6.26 Å². The van der Waals surface area contributed by atoms with Crippen LogP contribution in [0.1, 0.15) is 11.1 Å². The summed E-state index contributed by atoms with van der Waals surface area (Å²) in [6.45, 7) is 0. The van der Waals surface area contributed by atoms with Crippen LogP contribution in [0.2, 0.25) is 0 Å². The standard InChI is InChI=1S/C15H12F4S/c1-20-9-11-4-2-3-5-12(11)10-6-7-13(14(16)8-10)15(17,18)19/h2-8H,9H2,1H3.